The number of methoxy groups -OCH3 is 1. The molecule has 0 atom stereocenters. The first kappa shape index (κ1) is 10.7. The van der Waals surface area contributed by atoms with Crippen LogP contribution in [-0.2, 0) is 4.74 Å². The van der Waals surface area contributed by atoms with Crippen LogP contribution in [0.5, 0.6) is 0 Å². The Balaban J connectivity index is 4.12. The van der Waals surface area contributed by atoms with Crippen molar-refractivity contribution in [1.29, 1.82) is 0 Å². The smallest absolute Gasteiger partial charge is 0.0806 e. The fourth-order valence-corrected chi connectivity index (χ4v) is 0.508. The Bertz CT molecular complexity index is 168. The molecule has 0 spiro atoms. The zero-order valence-electron chi connectivity index (χ0n) is 7.52. The Morgan fingerprint density at radius 2 is 2.00 bits per heavy atom. The van der Waals surface area contributed by atoms with Crippen LogP contribution in [0.4, 0.5) is 0 Å². The van der Waals surface area contributed by atoms with Gasteiger partial charge in [-0.25, -0.2) is 0 Å². The molecule has 0 N–H and O–H groups in total. The first-order valence-electron chi connectivity index (χ1n) is 3.58. The fraction of sp³-hybridized carbons (Fsp3) is 0.556. The molecule has 0 unspecified atom stereocenters. The second-order valence-electron chi connectivity index (χ2n) is 2.81. The van der Waals surface area contributed by atoms with E-state index in [1.165, 1.54) is 0 Å². The molecule has 0 aromatic heterocycles. The second kappa shape index (κ2) is 4.58. The lowest BCUT2D eigenvalue weighted by Gasteiger charge is -2.17. The summed E-state index contributed by atoms with van der Waals surface area (Å²) < 4.78 is 5.16. The normalized spacial score (nSPS) is 14.5. The van der Waals surface area contributed by atoms with Crippen LogP contribution in [0.3, 0.4) is 0 Å². The van der Waals surface area contributed by atoms with E-state index < -0.39 is 0 Å². The predicted octanol–water partition coefficient (Wildman–Crippen LogP) is 3.11. The molecule has 0 bridgehead atoms. The number of halogens is 1. The summed E-state index contributed by atoms with van der Waals surface area (Å²) >= 11 is 5.75. The van der Waals surface area contributed by atoms with Gasteiger partial charge in [0.2, 0.25) is 0 Å². The van der Waals surface area contributed by atoms with E-state index in [0.29, 0.717) is 0 Å². The van der Waals surface area contributed by atoms with Crippen LogP contribution in [0.25, 0.3) is 0 Å². The molecule has 0 aliphatic carbocycles. The summed E-state index contributed by atoms with van der Waals surface area (Å²) in [7, 11) is 1.67. The van der Waals surface area contributed by atoms with E-state index >= 15 is 0 Å². The summed E-state index contributed by atoms with van der Waals surface area (Å²) in [5, 5.41) is 0.732. The van der Waals surface area contributed by atoms with Crippen molar-refractivity contribution in [3.63, 3.8) is 0 Å². The fourth-order valence-electron chi connectivity index (χ4n) is 0.445. The summed E-state index contributed by atoms with van der Waals surface area (Å²) in [5.41, 5.74) is -0.233. The summed E-state index contributed by atoms with van der Waals surface area (Å²) in [5.74, 6) is 0. The standard InChI is InChI=1S/C9H15ClO/c1-5-8(10)6-7-9(2,3)11-4/h5-7H,1-4H3/b7-6-,8-5+. The van der Waals surface area contributed by atoms with Gasteiger partial charge >= 0.3 is 0 Å². The monoisotopic (exact) mass is 174 g/mol. The summed E-state index contributed by atoms with van der Waals surface area (Å²) in [6.07, 6.45) is 5.60. The van der Waals surface area contributed by atoms with Crippen molar-refractivity contribution in [2.45, 2.75) is 26.4 Å². The van der Waals surface area contributed by atoms with Crippen molar-refractivity contribution >= 4 is 11.6 Å². The quantitative estimate of drug-likeness (QED) is 0.598. The molecular formula is C9H15ClO. The van der Waals surface area contributed by atoms with E-state index in [2.05, 4.69) is 0 Å². The van der Waals surface area contributed by atoms with Crippen molar-refractivity contribution in [1.82, 2.24) is 0 Å². The van der Waals surface area contributed by atoms with E-state index in [1.807, 2.05) is 39.0 Å². The number of rotatable bonds is 3. The highest BCUT2D eigenvalue weighted by molar-refractivity contribution is 6.31. The molecular weight excluding hydrogens is 160 g/mol. The number of hydrogen-bond acceptors (Lipinski definition) is 1. The SMILES string of the molecule is C/C=C(Cl)\C=C/C(C)(C)OC. The highest BCUT2D eigenvalue weighted by atomic mass is 35.5. The minimum atomic E-state index is -0.233. The molecule has 0 heterocycles. The van der Waals surface area contributed by atoms with Crippen LogP contribution in [0.1, 0.15) is 20.8 Å². The van der Waals surface area contributed by atoms with Crippen molar-refractivity contribution in [3.05, 3.63) is 23.3 Å². The van der Waals surface area contributed by atoms with Crippen molar-refractivity contribution in [2.24, 2.45) is 0 Å². The van der Waals surface area contributed by atoms with Gasteiger partial charge in [-0.05, 0) is 26.8 Å². The average molecular weight is 175 g/mol. The predicted molar refractivity (Wildman–Crippen MR) is 49.8 cm³/mol. The van der Waals surface area contributed by atoms with Gasteiger partial charge in [0.1, 0.15) is 0 Å². The molecule has 0 aromatic rings. The van der Waals surface area contributed by atoms with E-state index in [0.717, 1.165) is 5.03 Å². The molecule has 0 aliphatic heterocycles. The largest absolute Gasteiger partial charge is 0.375 e. The van der Waals surface area contributed by atoms with Gasteiger partial charge in [0, 0.05) is 12.1 Å². The zero-order chi connectivity index (χ0) is 8.91. The van der Waals surface area contributed by atoms with Crippen LogP contribution < -0.4 is 0 Å². The average Bonchev–Trinajstić information content (AvgIpc) is 2.00. The van der Waals surface area contributed by atoms with Gasteiger partial charge in [0.25, 0.3) is 0 Å². The van der Waals surface area contributed by atoms with Crippen molar-refractivity contribution in [3.8, 4) is 0 Å². The Labute approximate surface area is 73.7 Å². The first-order chi connectivity index (χ1) is 5.02. The third kappa shape index (κ3) is 5.05. The van der Waals surface area contributed by atoms with Crippen molar-refractivity contribution in [2.75, 3.05) is 7.11 Å². The molecule has 0 rings (SSSR count). The minimum Gasteiger partial charge on any atom is -0.375 e. The van der Waals surface area contributed by atoms with Crippen LogP contribution in [0.2, 0.25) is 0 Å². The lowest BCUT2D eigenvalue weighted by molar-refractivity contribution is 0.0656. The Morgan fingerprint density at radius 1 is 1.45 bits per heavy atom. The molecule has 0 fully saturated rings. The van der Waals surface area contributed by atoms with Gasteiger partial charge < -0.3 is 4.74 Å². The van der Waals surface area contributed by atoms with E-state index in [-0.39, 0.29) is 5.60 Å². The van der Waals surface area contributed by atoms with E-state index in [1.54, 1.807) is 7.11 Å². The van der Waals surface area contributed by atoms with Gasteiger partial charge in [-0.1, -0.05) is 23.8 Å². The van der Waals surface area contributed by atoms with Crippen LogP contribution in [-0.4, -0.2) is 12.7 Å². The van der Waals surface area contributed by atoms with Gasteiger partial charge in [-0.2, -0.15) is 0 Å². The molecule has 1 nitrogen and oxygen atoms in total. The zero-order valence-corrected chi connectivity index (χ0v) is 8.27. The Hall–Kier alpha value is -0.270. The topological polar surface area (TPSA) is 9.23 Å². The highest BCUT2D eigenvalue weighted by Crippen LogP contribution is 2.12. The van der Waals surface area contributed by atoms with E-state index in [4.69, 9.17) is 16.3 Å². The lowest BCUT2D eigenvalue weighted by Crippen LogP contribution is -2.18. The summed E-state index contributed by atoms with van der Waals surface area (Å²) in [4.78, 5) is 0. The number of hydrogen-bond donors (Lipinski definition) is 0. The van der Waals surface area contributed by atoms with Crippen LogP contribution in [0.15, 0.2) is 23.3 Å². The Morgan fingerprint density at radius 3 is 2.36 bits per heavy atom. The molecule has 64 valence electrons. The summed E-state index contributed by atoms with van der Waals surface area (Å²) in [6, 6.07) is 0. The number of ether oxygens (including phenoxy) is 1. The Kier molecular flexibility index (Phi) is 4.46. The molecule has 0 saturated heterocycles. The summed E-state index contributed by atoms with van der Waals surface area (Å²) in [6.45, 7) is 5.85. The maximum Gasteiger partial charge on any atom is 0.0806 e. The minimum absolute atomic E-state index is 0.233. The molecule has 0 saturated carbocycles. The van der Waals surface area contributed by atoms with Crippen molar-refractivity contribution < 1.29 is 4.74 Å². The van der Waals surface area contributed by atoms with E-state index in [9.17, 15) is 0 Å². The van der Waals surface area contributed by atoms with Gasteiger partial charge in [-0.3, -0.25) is 0 Å². The van der Waals surface area contributed by atoms with Gasteiger partial charge in [0.15, 0.2) is 0 Å². The van der Waals surface area contributed by atoms with Gasteiger partial charge in [-0.15, -0.1) is 0 Å². The molecule has 2 heteroatoms. The number of allylic oxidation sites excluding steroid dienone is 3. The van der Waals surface area contributed by atoms with Gasteiger partial charge in [0.05, 0.1) is 5.60 Å². The molecule has 11 heavy (non-hydrogen) atoms. The molecule has 0 amide bonds. The third-order valence-electron chi connectivity index (χ3n) is 1.45. The highest BCUT2D eigenvalue weighted by Gasteiger charge is 2.09. The molecule has 0 aromatic carbocycles. The molecule has 0 radical (unpaired) electrons. The first-order valence-corrected chi connectivity index (χ1v) is 3.96. The lowest BCUT2D eigenvalue weighted by atomic mass is 10.1. The maximum atomic E-state index is 5.75. The second-order valence-corrected chi connectivity index (χ2v) is 3.25. The maximum absolute atomic E-state index is 5.75. The molecule has 0 aliphatic rings. The third-order valence-corrected chi connectivity index (χ3v) is 1.79. The van der Waals surface area contributed by atoms with Crippen LogP contribution in [0, 0.1) is 0 Å². The van der Waals surface area contributed by atoms with Crippen LogP contribution >= 0.6 is 11.6 Å².